The fraction of sp³-hybridized carbons (Fsp3) is 0.304. The Kier molecular flexibility index (Phi) is 5.81. The third-order valence-electron chi connectivity index (χ3n) is 5.42. The van der Waals surface area contributed by atoms with Crippen LogP contribution in [0.1, 0.15) is 34.1 Å². The molecule has 0 radical (unpaired) electrons. The molecule has 0 spiro atoms. The molecule has 29 heavy (non-hydrogen) atoms. The van der Waals surface area contributed by atoms with E-state index in [1.54, 1.807) is 14.2 Å². The van der Waals surface area contributed by atoms with Crippen molar-refractivity contribution < 1.29 is 14.3 Å². The monoisotopic (exact) mass is 408 g/mol. The number of hydrogen-bond donors (Lipinski definition) is 0. The molecular weight excluding hydrogens is 384 g/mol. The quantitative estimate of drug-likeness (QED) is 0.606. The minimum Gasteiger partial charge on any atom is -0.493 e. The molecule has 0 atom stereocenters. The minimum absolute atomic E-state index is 0.00891. The first-order chi connectivity index (χ1) is 14.2. The predicted molar refractivity (Wildman–Crippen MR) is 115 cm³/mol. The molecular formula is C23H24N2O3S. The third kappa shape index (κ3) is 3.98. The van der Waals surface area contributed by atoms with Gasteiger partial charge in [0.2, 0.25) is 0 Å². The van der Waals surface area contributed by atoms with E-state index in [-0.39, 0.29) is 5.91 Å². The number of para-hydroxylation sites is 1. The summed E-state index contributed by atoms with van der Waals surface area (Å²) in [5.41, 5.74) is 2.92. The Morgan fingerprint density at radius 2 is 1.79 bits per heavy atom. The van der Waals surface area contributed by atoms with E-state index in [0.717, 1.165) is 37.2 Å². The molecule has 6 heteroatoms. The number of benzene rings is 2. The zero-order chi connectivity index (χ0) is 20.2. The van der Waals surface area contributed by atoms with Crippen LogP contribution in [0.15, 0.2) is 53.9 Å². The molecule has 1 aromatic heterocycles. The van der Waals surface area contributed by atoms with E-state index in [2.05, 4.69) is 29.2 Å². The van der Waals surface area contributed by atoms with Crippen LogP contribution in [0.25, 0.3) is 11.3 Å². The molecule has 0 bridgehead atoms. The number of thiazole rings is 1. The number of hydrogen-bond acceptors (Lipinski definition) is 5. The fourth-order valence-corrected chi connectivity index (χ4v) is 4.64. The number of nitrogens with zero attached hydrogens (tertiary/aromatic N) is 2. The van der Waals surface area contributed by atoms with Gasteiger partial charge in [-0.1, -0.05) is 36.4 Å². The molecule has 1 saturated heterocycles. The maximum absolute atomic E-state index is 13.0. The van der Waals surface area contributed by atoms with Gasteiger partial charge in [0.25, 0.3) is 5.91 Å². The van der Waals surface area contributed by atoms with Gasteiger partial charge in [-0.2, -0.15) is 0 Å². The molecule has 2 heterocycles. The smallest absolute Gasteiger partial charge is 0.282 e. The summed E-state index contributed by atoms with van der Waals surface area (Å²) in [6.07, 6.45) is 1.97. The molecule has 0 saturated carbocycles. The SMILES string of the molecule is COc1cccc(-c2csc(C(=O)N3CCC(c4ccccc4)CC3)n2)c1OC. The van der Waals surface area contributed by atoms with E-state index in [9.17, 15) is 4.79 Å². The topological polar surface area (TPSA) is 51.7 Å². The highest BCUT2D eigenvalue weighted by Crippen LogP contribution is 2.38. The largest absolute Gasteiger partial charge is 0.493 e. The second-order valence-electron chi connectivity index (χ2n) is 7.06. The van der Waals surface area contributed by atoms with Gasteiger partial charge in [-0.25, -0.2) is 4.98 Å². The highest BCUT2D eigenvalue weighted by Gasteiger charge is 2.26. The van der Waals surface area contributed by atoms with Gasteiger partial charge in [-0.3, -0.25) is 4.79 Å². The lowest BCUT2D eigenvalue weighted by Gasteiger charge is -2.31. The number of methoxy groups -OCH3 is 2. The van der Waals surface area contributed by atoms with Crippen LogP contribution in [0.4, 0.5) is 0 Å². The van der Waals surface area contributed by atoms with Gasteiger partial charge >= 0.3 is 0 Å². The Morgan fingerprint density at radius 1 is 1.03 bits per heavy atom. The van der Waals surface area contributed by atoms with E-state index in [1.165, 1.54) is 16.9 Å². The number of carbonyl (C=O) groups is 1. The second-order valence-corrected chi connectivity index (χ2v) is 7.91. The Labute approximate surface area is 174 Å². The van der Waals surface area contributed by atoms with Crippen molar-refractivity contribution >= 4 is 17.2 Å². The van der Waals surface area contributed by atoms with Crippen LogP contribution < -0.4 is 9.47 Å². The molecule has 1 aliphatic rings. The van der Waals surface area contributed by atoms with E-state index >= 15 is 0 Å². The summed E-state index contributed by atoms with van der Waals surface area (Å²) in [7, 11) is 3.22. The molecule has 1 fully saturated rings. The van der Waals surface area contributed by atoms with Crippen LogP contribution in [0.2, 0.25) is 0 Å². The number of carbonyl (C=O) groups excluding carboxylic acids is 1. The van der Waals surface area contributed by atoms with E-state index < -0.39 is 0 Å². The number of aromatic nitrogens is 1. The molecule has 2 aromatic carbocycles. The summed E-state index contributed by atoms with van der Waals surface area (Å²) in [4.78, 5) is 19.5. The molecule has 1 aliphatic heterocycles. The van der Waals surface area contributed by atoms with E-state index in [4.69, 9.17) is 9.47 Å². The first-order valence-corrected chi connectivity index (χ1v) is 10.6. The lowest BCUT2D eigenvalue weighted by atomic mass is 9.89. The first-order valence-electron chi connectivity index (χ1n) is 9.72. The lowest BCUT2D eigenvalue weighted by Crippen LogP contribution is -2.37. The fourth-order valence-electron chi connectivity index (χ4n) is 3.86. The second kappa shape index (κ2) is 8.66. The molecule has 150 valence electrons. The van der Waals surface area contributed by atoms with Crippen LogP contribution >= 0.6 is 11.3 Å². The maximum Gasteiger partial charge on any atom is 0.282 e. The highest BCUT2D eigenvalue weighted by molar-refractivity contribution is 7.12. The van der Waals surface area contributed by atoms with E-state index in [0.29, 0.717) is 22.4 Å². The van der Waals surface area contributed by atoms with Crippen molar-refractivity contribution in [3.63, 3.8) is 0 Å². The normalized spacial score (nSPS) is 14.6. The zero-order valence-corrected chi connectivity index (χ0v) is 17.4. The summed E-state index contributed by atoms with van der Waals surface area (Å²) in [6, 6.07) is 16.2. The molecule has 0 aliphatic carbocycles. The van der Waals surface area contributed by atoms with Crippen LogP contribution in [0, 0.1) is 0 Å². The summed E-state index contributed by atoms with van der Waals surface area (Å²) >= 11 is 1.38. The van der Waals surface area contributed by atoms with Crippen molar-refractivity contribution in [2.75, 3.05) is 27.3 Å². The third-order valence-corrected chi connectivity index (χ3v) is 6.25. The Balaban J connectivity index is 1.47. The highest BCUT2D eigenvalue weighted by atomic mass is 32.1. The average Bonchev–Trinajstić information content (AvgIpc) is 3.28. The molecule has 0 N–H and O–H groups in total. The van der Waals surface area contributed by atoms with Crippen LogP contribution in [-0.4, -0.2) is 43.1 Å². The van der Waals surface area contributed by atoms with Crippen LogP contribution in [0.5, 0.6) is 11.5 Å². The summed E-state index contributed by atoms with van der Waals surface area (Å²) < 4.78 is 10.9. The first kappa shape index (κ1) is 19.5. The van der Waals surface area contributed by atoms with E-state index in [1.807, 2.05) is 34.5 Å². The zero-order valence-electron chi connectivity index (χ0n) is 16.6. The number of ether oxygens (including phenoxy) is 2. The van der Waals surface area contributed by atoms with Crippen molar-refractivity contribution in [1.82, 2.24) is 9.88 Å². The molecule has 5 nitrogen and oxygen atoms in total. The molecule has 3 aromatic rings. The molecule has 4 rings (SSSR count). The summed E-state index contributed by atoms with van der Waals surface area (Å²) in [5.74, 6) is 1.81. The van der Waals surface area contributed by atoms with Crippen LogP contribution in [0.3, 0.4) is 0 Å². The van der Waals surface area contributed by atoms with Crippen molar-refractivity contribution in [2.45, 2.75) is 18.8 Å². The molecule has 1 amide bonds. The summed E-state index contributed by atoms with van der Waals surface area (Å²) in [6.45, 7) is 1.52. The van der Waals surface area contributed by atoms with Crippen molar-refractivity contribution in [2.24, 2.45) is 0 Å². The average molecular weight is 409 g/mol. The Hall–Kier alpha value is -2.86. The maximum atomic E-state index is 13.0. The number of rotatable bonds is 5. The van der Waals surface area contributed by atoms with Gasteiger partial charge in [0.15, 0.2) is 16.5 Å². The number of piperidine rings is 1. The van der Waals surface area contributed by atoms with Crippen LogP contribution in [-0.2, 0) is 0 Å². The van der Waals surface area contributed by atoms with Crippen molar-refractivity contribution in [1.29, 1.82) is 0 Å². The number of amides is 1. The standard InChI is InChI=1S/C23H24N2O3S/c1-27-20-10-6-9-18(21(20)28-2)19-15-29-22(24-19)23(26)25-13-11-17(12-14-25)16-7-4-3-5-8-16/h3-10,15,17H,11-14H2,1-2H3. The van der Waals surface area contributed by atoms with Gasteiger partial charge in [0.05, 0.1) is 19.9 Å². The van der Waals surface area contributed by atoms with Gasteiger partial charge < -0.3 is 14.4 Å². The van der Waals surface area contributed by atoms with Gasteiger partial charge in [-0.15, -0.1) is 11.3 Å². The van der Waals surface area contributed by atoms with Crippen molar-refractivity contribution in [3.8, 4) is 22.8 Å². The van der Waals surface area contributed by atoms with Gasteiger partial charge in [-0.05, 0) is 36.5 Å². The minimum atomic E-state index is 0.00891. The Bertz CT molecular complexity index is 979. The molecule has 0 unspecified atom stereocenters. The number of likely N-dealkylation sites (tertiary alicyclic amines) is 1. The lowest BCUT2D eigenvalue weighted by molar-refractivity contribution is 0.0712. The summed E-state index contributed by atoms with van der Waals surface area (Å²) in [5, 5.41) is 2.42. The van der Waals surface area contributed by atoms with Gasteiger partial charge in [0.1, 0.15) is 0 Å². The van der Waals surface area contributed by atoms with Crippen molar-refractivity contribution in [3.05, 3.63) is 64.5 Å². The van der Waals surface area contributed by atoms with Gasteiger partial charge in [0, 0.05) is 24.0 Å². The predicted octanol–water partition coefficient (Wildman–Crippen LogP) is 4.85. The Morgan fingerprint density at radius 3 is 2.48 bits per heavy atom.